The average Bonchev–Trinajstić information content (AvgIpc) is 2.55. The standard InChI is InChI=1S/C16H16F3N3OS/c1-4-10-7-5-6-9(2)12(10)21-14(23)11-8-20-15(24-3)22-13(11)16(17,18)19/h5-8H,4H2,1-3H3,(H,21,23). The molecule has 1 heterocycles. The number of anilines is 1. The predicted octanol–water partition coefficient (Wildman–Crippen LogP) is 4.34. The second-order valence-corrected chi connectivity index (χ2v) is 5.81. The molecule has 0 radical (unpaired) electrons. The van der Waals surface area contributed by atoms with Crippen molar-refractivity contribution in [2.45, 2.75) is 31.6 Å². The number of aryl methyl sites for hydroxylation is 2. The first-order chi connectivity index (χ1) is 11.3. The van der Waals surface area contributed by atoms with Crippen LogP contribution in [0.4, 0.5) is 18.9 Å². The molecule has 0 aliphatic carbocycles. The van der Waals surface area contributed by atoms with Gasteiger partial charge in [0.1, 0.15) is 0 Å². The molecule has 4 nitrogen and oxygen atoms in total. The largest absolute Gasteiger partial charge is 0.434 e. The number of para-hydroxylation sites is 1. The van der Waals surface area contributed by atoms with Crippen LogP contribution in [0.1, 0.15) is 34.1 Å². The third-order valence-corrected chi connectivity index (χ3v) is 4.00. The molecule has 0 unspecified atom stereocenters. The fourth-order valence-corrected chi connectivity index (χ4v) is 2.57. The molecule has 128 valence electrons. The molecule has 1 aromatic carbocycles. The van der Waals surface area contributed by atoms with Crippen molar-refractivity contribution in [3.8, 4) is 0 Å². The van der Waals surface area contributed by atoms with Crippen LogP contribution in [0, 0.1) is 6.92 Å². The smallest absolute Gasteiger partial charge is 0.321 e. The number of benzene rings is 1. The van der Waals surface area contributed by atoms with Gasteiger partial charge < -0.3 is 5.32 Å². The van der Waals surface area contributed by atoms with E-state index in [4.69, 9.17) is 0 Å². The van der Waals surface area contributed by atoms with E-state index in [1.807, 2.05) is 19.1 Å². The minimum absolute atomic E-state index is 0.0380. The first-order valence-electron chi connectivity index (χ1n) is 7.16. The lowest BCUT2D eigenvalue weighted by Gasteiger charge is -2.15. The van der Waals surface area contributed by atoms with Crippen LogP contribution in [-0.2, 0) is 12.6 Å². The predicted molar refractivity (Wildman–Crippen MR) is 87.3 cm³/mol. The summed E-state index contributed by atoms with van der Waals surface area (Å²) in [7, 11) is 0. The molecule has 0 saturated heterocycles. The van der Waals surface area contributed by atoms with E-state index < -0.39 is 23.3 Å². The Kier molecular flexibility index (Phi) is 5.48. The summed E-state index contributed by atoms with van der Waals surface area (Å²) >= 11 is 0.978. The average molecular weight is 355 g/mol. The molecule has 2 aromatic rings. The third-order valence-electron chi connectivity index (χ3n) is 3.44. The van der Waals surface area contributed by atoms with Crippen molar-refractivity contribution in [2.24, 2.45) is 0 Å². The van der Waals surface area contributed by atoms with Crippen molar-refractivity contribution in [2.75, 3.05) is 11.6 Å². The quantitative estimate of drug-likeness (QED) is 0.655. The number of thioether (sulfide) groups is 1. The van der Waals surface area contributed by atoms with Crippen molar-refractivity contribution in [3.63, 3.8) is 0 Å². The Morgan fingerprint density at radius 2 is 2.04 bits per heavy atom. The molecule has 1 aromatic heterocycles. The molecule has 1 amide bonds. The van der Waals surface area contributed by atoms with Crippen molar-refractivity contribution < 1.29 is 18.0 Å². The monoisotopic (exact) mass is 355 g/mol. The first kappa shape index (κ1) is 18.3. The molecule has 24 heavy (non-hydrogen) atoms. The molecule has 0 fully saturated rings. The van der Waals surface area contributed by atoms with Crippen molar-refractivity contribution in [1.82, 2.24) is 9.97 Å². The number of hydrogen-bond donors (Lipinski definition) is 1. The van der Waals surface area contributed by atoms with Crippen LogP contribution in [0.15, 0.2) is 29.6 Å². The minimum atomic E-state index is -4.74. The Labute approximate surface area is 141 Å². The molecule has 0 spiro atoms. The highest BCUT2D eigenvalue weighted by molar-refractivity contribution is 7.98. The fraction of sp³-hybridized carbons (Fsp3) is 0.312. The Morgan fingerprint density at radius 3 is 2.62 bits per heavy atom. The normalized spacial score (nSPS) is 11.4. The van der Waals surface area contributed by atoms with Gasteiger partial charge in [0.2, 0.25) is 0 Å². The Balaban J connectivity index is 2.44. The minimum Gasteiger partial charge on any atom is -0.321 e. The molecule has 0 atom stereocenters. The van der Waals surface area contributed by atoms with Crippen LogP contribution in [0.5, 0.6) is 0 Å². The van der Waals surface area contributed by atoms with Gasteiger partial charge in [-0.25, -0.2) is 9.97 Å². The zero-order valence-corrected chi connectivity index (χ0v) is 14.2. The van der Waals surface area contributed by atoms with E-state index in [2.05, 4.69) is 15.3 Å². The maximum atomic E-state index is 13.2. The number of aromatic nitrogens is 2. The Morgan fingerprint density at radius 1 is 1.33 bits per heavy atom. The maximum absolute atomic E-state index is 13.2. The molecule has 0 bridgehead atoms. The molecule has 1 N–H and O–H groups in total. The molecular formula is C16H16F3N3OS. The van der Waals surface area contributed by atoms with Gasteiger partial charge in [-0.15, -0.1) is 0 Å². The number of rotatable bonds is 4. The molecule has 8 heteroatoms. The van der Waals surface area contributed by atoms with Gasteiger partial charge in [-0.05, 0) is 30.7 Å². The van der Waals surface area contributed by atoms with Gasteiger partial charge in [0, 0.05) is 11.9 Å². The number of halogens is 3. The summed E-state index contributed by atoms with van der Waals surface area (Å²) in [5.41, 5.74) is 0.320. The molecule has 0 aliphatic rings. The summed E-state index contributed by atoms with van der Waals surface area (Å²) in [4.78, 5) is 19.6. The fourth-order valence-electron chi connectivity index (χ4n) is 2.23. The first-order valence-corrected chi connectivity index (χ1v) is 8.38. The summed E-state index contributed by atoms with van der Waals surface area (Å²) in [6.45, 7) is 3.69. The van der Waals surface area contributed by atoms with E-state index >= 15 is 0 Å². The van der Waals surface area contributed by atoms with Gasteiger partial charge in [-0.3, -0.25) is 4.79 Å². The number of amides is 1. The lowest BCUT2D eigenvalue weighted by atomic mass is 10.1. The highest BCUT2D eigenvalue weighted by Crippen LogP contribution is 2.32. The number of carbonyl (C=O) groups excluding carboxylic acids is 1. The van der Waals surface area contributed by atoms with Gasteiger partial charge in [0.25, 0.3) is 5.91 Å². The summed E-state index contributed by atoms with van der Waals surface area (Å²) < 4.78 is 39.6. The number of carbonyl (C=O) groups is 1. The van der Waals surface area contributed by atoms with Gasteiger partial charge in [0.15, 0.2) is 10.9 Å². The van der Waals surface area contributed by atoms with Gasteiger partial charge in [-0.1, -0.05) is 36.9 Å². The molecule has 0 saturated carbocycles. The highest BCUT2D eigenvalue weighted by Gasteiger charge is 2.38. The summed E-state index contributed by atoms with van der Waals surface area (Å²) in [5, 5.41) is 2.53. The van der Waals surface area contributed by atoms with Gasteiger partial charge in [0.05, 0.1) is 5.56 Å². The maximum Gasteiger partial charge on any atom is 0.434 e. The summed E-state index contributed by atoms with van der Waals surface area (Å²) in [5.74, 6) is -0.876. The zero-order chi connectivity index (χ0) is 17.9. The second-order valence-electron chi connectivity index (χ2n) is 5.03. The summed E-state index contributed by atoms with van der Waals surface area (Å²) in [6, 6.07) is 5.44. The van der Waals surface area contributed by atoms with Crippen molar-refractivity contribution in [1.29, 1.82) is 0 Å². The topological polar surface area (TPSA) is 54.9 Å². The van der Waals surface area contributed by atoms with Gasteiger partial charge in [-0.2, -0.15) is 13.2 Å². The van der Waals surface area contributed by atoms with E-state index in [1.54, 1.807) is 19.2 Å². The molecule has 2 rings (SSSR count). The van der Waals surface area contributed by atoms with Crippen LogP contribution >= 0.6 is 11.8 Å². The van der Waals surface area contributed by atoms with E-state index in [1.165, 1.54) is 0 Å². The Hall–Kier alpha value is -2.09. The van der Waals surface area contributed by atoms with Gasteiger partial charge >= 0.3 is 6.18 Å². The SMILES string of the molecule is CCc1cccc(C)c1NC(=O)c1cnc(SC)nc1C(F)(F)F. The number of alkyl halides is 3. The molecule has 0 aliphatic heterocycles. The lowest BCUT2D eigenvalue weighted by Crippen LogP contribution is -2.22. The van der Waals surface area contributed by atoms with Crippen molar-refractivity contribution >= 4 is 23.4 Å². The van der Waals surface area contributed by atoms with Crippen molar-refractivity contribution in [3.05, 3.63) is 46.8 Å². The van der Waals surface area contributed by atoms with Crippen LogP contribution in [0.2, 0.25) is 0 Å². The summed E-state index contributed by atoms with van der Waals surface area (Å²) in [6.07, 6.45) is -1.61. The lowest BCUT2D eigenvalue weighted by molar-refractivity contribution is -0.142. The van der Waals surface area contributed by atoms with Crippen LogP contribution in [0.25, 0.3) is 0 Å². The number of nitrogens with zero attached hydrogens (tertiary/aromatic N) is 2. The van der Waals surface area contributed by atoms with E-state index in [0.29, 0.717) is 12.1 Å². The van der Waals surface area contributed by atoms with Crippen LogP contribution in [0.3, 0.4) is 0 Å². The van der Waals surface area contributed by atoms with Crippen LogP contribution in [-0.4, -0.2) is 22.1 Å². The zero-order valence-electron chi connectivity index (χ0n) is 13.4. The van der Waals surface area contributed by atoms with Crippen LogP contribution < -0.4 is 5.32 Å². The Bertz CT molecular complexity index is 763. The number of hydrogen-bond acceptors (Lipinski definition) is 4. The second kappa shape index (κ2) is 7.21. The van der Waals surface area contributed by atoms with E-state index in [9.17, 15) is 18.0 Å². The number of nitrogens with one attached hydrogen (secondary N) is 1. The van der Waals surface area contributed by atoms with E-state index in [-0.39, 0.29) is 5.16 Å². The highest BCUT2D eigenvalue weighted by atomic mass is 32.2. The van der Waals surface area contributed by atoms with E-state index in [0.717, 1.165) is 29.1 Å². The molecular weight excluding hydrogens is 339 g/mol. The third kappa shape index (κ3) is 3.87.